The number of nitrogens with zero attached hydrogens (tertiary/aromatic N) is 4. The van der Waals surface area contributed by atoms with Gasteiger partial charge in [0.15, 0.2) is 0 Å². The van der Waals surface area contributed by atoms with Crippen LogP contribution in [-0.4, -0.2) is 38.1 Å². The minimum absolute atomic E-state index is 0.144. The molecule has 4 nitrogen and oxygen atoms in total. The molecule has 0 saturated heterocycles. The van der Waals surface area contributed by atoms with Gasteiger partial charge in [-0.15, -0.1) is 0 Å². The average molecular weight is 445 g/mol. The molecule has 1 aliphatic rings. The number of alkyl halides is 3. The number of pyridine rings is 1. The average Bonchev–Trinajstić information content (AvgIpc) is 3.20. The molecule has 1 atom stereocenters. The molecular weight excluding hydrogens is 424 g/mol. The van der Waals surface area contributed by atoms with Crippen LogP contribution in [0.2, 0.25) is 14.8 Å². The van der Waals surface area contributed by atoms with E-state index in [0.717, 1.165) is 18.7 Å². The Labute approximate surface area is 143 Å². The van der Waals surface area contributed by atoms with Crippen molar-refractivity contribution in [1.82, 2.24) is 19.7 Å². The second kappa shape index (κ2) is 6.00. The predicted octanol–water partition coefficient (Wildman–Crippen LogP) is 3.32. The molecule has 2 heterocycles. The standard InChI is InChI=1S/C13H12F3N4.3CH3.Sn/c1-20-7-18-19-12(20)11(8-2-3-8)9-4-5-17-10(6-9)13(14,15)16;;;;/h4,6-8,11H,2-3H2,1H3;3*1H3;. The summed E-state index contributed by atoms with van der Waals surface area (Å²) >= 11 is -2.77. The van der Waals surface area contributed by atoms with E-state index in [2.05, 4.69) is 30.0 Å². The van der Waals surface area contributed by atoms with Crippen LogP contribution < -0.4 is 3.71 Å². The molecule has 1 saturated carbocycles. The Bertz CT molecular complexity index is 712. The summed E-state index contributed by atoms with van der Waals surface area (Å²) in [5.41, 5.74) is -0.105. The molecule has 2 aromatic rings. The van der Waals surface area contributed by atoms with E-state index in [9.17, 15) is 13.2 Å². The van der Waals surface area contributed by atoms with Crippen molar-refractivity contribution in [2.75, 3.05) is 0 Å². The minimum atomic E-state index is -4.43. The molecule has 24 heavy (non-hydrogen) atoms. The SMILES string of the molecule is Cn1cnnc1C(c1cc(C(F)(F)F)n[c]([Sn]([CH3])([CH3])[CH3])c1)C1CC1. The number of rotatable bonds is 4. The van der Waals surface area contributed by atoms with Gasteiger partial charge in [0.05, 0.1) is 0 Å². The fraction of sp³-hybridized carbons (Fsp3) is 0.562. The van der Waals surface area contributed by atoms with Crippen molar-refractivity contribution in [1.29, 1.82) is 0 Å². The van der Waals surface area contributed by atoms with Gasteiger partial charge in [-0.25, -0.2) is 0 Å². The summed E-state index contributed by atoms with van der Waals surface area (Å²) in [6.07, 6.45) is -0.818. The Hall–Kier alpha value is -1.12. The zero-order valence-electron chi connectivity index (χ0n) is 14.2. The summed E-state index contributed by atoms with van der Waals surface area (Å²) in [4.78, 5) is 10.2. The van der Waals surface area contributed by atoms with Gasteiger partial charge >= 0.3 is 143 Å². The monoisotopic (exact) mass is 446 g/mol. The fourth-order valence-corrected chi connectivity index (χ4v) is 5.91. The van der Waals surface area contributed by atoms with Gasteiger partial charge in [0.2, 0.25) is 0 Å². The molecule has 1 unspecified atom stereocenters. The number of hydrogen-bond donors (Lipinski definition) is 0. The third-order valence-corrected chi connectivity index (χ3v) is 9.50. The van der Waals surface area contributed by atoms with Crippen molar-refractivity contribution in [3.63, 3.8) is 0 Å². The van der Waals surface area contributed by atoms with Gasteiger partial charge in [0.1, 0.15) is 0 Å². The maximum absolute atomic E-state index is 13.4. The summed E-state index contributed by atoms with van der Waals surface area (Å²) in [7, 11) is 1.83. The van der Waals surface area contributed by atoms with Crippen molar-refractivity contribution < 1.29 is 13.2 Å². The first-order chi connectivity index (χ1) is 11.1. The van der Waals surface area contributed by atoms with Crippen LogP contribution in [0.25, 0.3) is 0 Å². The first-order valence-corrected chi connectivity index (χ1v) is 18.0. The van der Waals surface area contributed by atoms with Crippen LogP contribution in [0.15, 0.2) is 18.5 Å². The summed E-state index contributed by atoms with van der Waals surface area (Å²) in [6.45, 7) is 0. The van der Waals surface area contributed by atoms with Crippen molar-refractivity contribution in [2.24, 2.45) is 13.0 Å². The van der Waals surface area contributed by atoms with Crippen LogP contribution in [0.5, 0.6) is 0 Å². The van der Waals surface area contributed by atoms with Crippen molar-refractivity contribution in [3.8, 4) is 0 Å². The van der Waals surface area contributed by atoms with Crippen LogP contribution in [-0.2, 0) is 13.2 Å². The van der Waals surface area contributed by atoms with Crippen LogP contribution in [0.4, 0.5) is 13.2 Å². The molecule has 0 bridgehead atoms. The van der Waals surface area contributed by atoms with E-state index in [1.807, 2.05) is 13.1 Å². The molecule has 2 aromatic heterocycles. The van der Waals surface area contributed by atoms with Crippen molar-refractivity contribution in [2.45, 2.75) is 39.8 Å². The molecule has 8 heteroatoms. The van der Waals surface area contributed by atoms with Gasteiger partial charge < -0.3 is 0 Å². The van der Waals surface area contributed by atoms with E-state index in [1.54, 1.807) is 10.9 Å². The van der Waals surface area contributed by atoms with Crippen molar-refractivity contribution in [3.05, 3.63) is 35.5 Å². The van der Waals surface area contributed by atoms with E-state index in [0.29, 0.717) is 15.2 Å². The first kappa shape index (κ1) is 17.7. The second-order valence-corrected chi connectivity index (χ2v) is 21.8. The molecule has 0 aliphatic heterocycles. The van der Waals surface area contributed by atoms with Crippen LogP contribution in [0, 0.1) is 5.92 Å². The van der Waals surface area contributed by atoms with E-state index >= 15 is 0 Å². The topological polar surface area (TPSA) is 43.6 Å². The first-order valence-electron chi connectivity index (χ1n) is 8.01. The van der Waals surface area contributed by atoms with Crippen LogP contribution in [0.3, 0.4) is 0 Å². The molecular formula is C16H21F3N4Sn. The van der Waals surface area contributed by atoms with Crippen LogP contribution in [0.1, 0.15) is 35.8 Å². The van der Waals surface area contributed by atoms with Gasteiger partial charge in [-0.3, -0.25) is 0 Å². The second-order valence-electron chi connectivity index (χ2n) is 7.53. The van der Waals surface area contributed by atoms with E-state index in [1.165, 1.54) is 6.07 Å². The summed E-state index contributed by atoms with van der Waals surface area (Å²) < 4.78 is 42.6. The summed E-state index contributed by atoms with van der Waals surface area (Å²) in [5.74, 6) is 0.917. The quantitative estimate of drug-likeness (QED) is 0.679. The molecule has 3 rings (SSSR count). The maximum atomic E-state index is 13.4. The normalized spacial score (nSPS) is 17.1. The number of aryl methyl sites for hydroxylation is 1. The Morgan fingerprint density at radius 2 is 1.88 bits per heavy atom. The number of aromatic nitrogens is 4. The fourth-order valence-electron chi connectivity index (χ4n) is 2.90. The summed E-state index contributed by atoms with van der Waals surface area (Å²) in [6, 6.07) is 3.10. The molecule has 0 radical (unpaired) electrons. The van der Waals surface area contributed by atoms with Crippen LogP contribution >= 0.6 is 0 Å². The predicted molar refractivity (Wildman–Crippen MR) is 87.8 cm³/mol. The van der Waals surface area contributed by atoms with Crippen molar-refractivity contribution >= 4 is 22.1 Å². The molecule has 0 N–H and O–H groups in total. The molecule has 0 spiro atoms. The third kappa shape index (κ3) is 3.60. The Balaban J connectivity index is 2.16. The zero-order valence-corrected chi connectivity index (χ0v) is 17.1. The molecule has 1 aliphatic carbocycles. The molecule has 130 valence electrons. The Kier molecular flexibility index (Phi) is 4.42. The molecule has 1 fully saturated rings. The van der Waals surface area contributed by atoms with E-state index < -0.39 is 30.2 Å². The molecule has 0 aromatic carbocycles. The summed E-state index contributed by atoms with van der Waals surface area (Å²) in [5, 5.41) is 8.07. The van der Waals surface area contributed by atoms with Gasteiger partial charge in [-0.05, 0) is 0 Å². The number of halogens is 3. The van der Waals surface area contributed by atoms with Gasteiger partial charge in [0.25, 0.3) is 0 Å². The van der Waals surface area contributed by atoms with E-state index in [4.69, 9.17) is 0 Å². The molecule has 0 amide bonds. The Morgan fingerprint density at radius 3 is 2.33 bits per heavy atom. The van der Waals surface area contributed by atoms with E-state index in [-0.39, 0.29) is 5.92 Å². The number of hydrogen-bond acceptors (Lipinski definition) is 3. The zero-order chi connectivity index (χ0) is 17.7. The van der Waals surface area contributed by atoms with Gasteiger partial charge in [0, 0.05) is 0 Å². The third-order valence-electron chi connectivity index (χ3n) is 4.38. The Morgan fingerprint density at radius 1 is 1.21 bits per heavy atom. The van der Waals surface area contributed by atoms with Gasteiger partial charge in [-0.1, -0.05) is 0 Å². The van der Waals surface area contributed by atoms with Gasteiger partial charge in [-0.2, -0.15) is 0 Å².